The van der Waals surface area contributed by atoms with Crippen LogP contribution in [0.4, 0.5) is 5.82 Å². The Bertz CT molecular complexity index is 414. The van der Waals surface area contributed by atoms with E-state index in [1.54, 1.807) is 19.3 Å². The van der Waals surface area contributed by atoms with Crippen molar-refractivity contribution >= 4 is 5.82 Å². The molecule has 0 radical (unpaired) electrons. The van der Waals surface area contributed by atoms with Gasteiger partial charge in [0.25, 0.3) is 0 Å². The molecule has 1 heterocycles. The molecule has 0 amide bonds. The summed E-state index contributed by atoms with van der Waals surface area (Å²) >= 11 is 0. The van der Waals surface area contributed by atoms with Crippen LogP contribution in [0.3, 0.4) is 0 Å². The first-order chi connectivity index (χ1) is 8.97. The molecule has 0 atom stereocenters. The Morgan fingerprint density at radius 2 is 2.05 bits per heavy atom. The fraction of sp³-hybridized carbons (Fsp3) is 0.571. The Morgan fingerprint density at radius 1 is 1.32 bits per heavy atom. The molecule has 1 rings (SSSR count). The number of rotatable bonds is 7. The van der Waals surface area contributed by atoms with Crippen LogP contribution >= 0.6 is 0 Å². The van der Waals surface area contributed by atoms with E-state index in [9.17, 15) is 0 Å². The normalized spacial score (nSPS) is 11.2. The molecule has 5 nitrogen and oxygen atoms in total. The Kier molecular flexibility index (Phi) is 5.76. The highest BCUT2D eigenvalue weighted by atomic mass is 16.5. The quantitative estimate of drug-likeness (QED) is 0.606. The van der Waals surface area contributed by atoms with Gasteiger partial charge in [-0.25, -0.2) is 4.98 Å². The molecule has 0 aliphatic heterocycles. The van der Waals surface area contributed by atoms with Crippen molar-refractivity contribution in [2.75, 3.05) is 32.2 Å². The smallest absolute Gasteiger partial charge is 0.218 e. The summed E-state index contributed by atoms with van der Waals surface area (Å²) in [6.07, 6.45) is 1.78. The van der Waals surface area contributed by atoms with Crippen LogP contribution in [0.2, 0.25) is 0 Å². The average molecular weight is 265 g/mol. The maximum Gasteiger partial charge on any atom is 0.218 e. The zero-order chi connectivity index (χ0) is 14.3. The summed E-state index contributed by atoms with van der Waals surface area (Å²) in [7, 11) is 1.64. The van der Waals surface area contributed by atoms with Gasteiger partial charge in [-0.1, -0.05) is 26.8 Å². The Labute approximate surface area is 115 Å². The van der Waals surface area contributed by atoms with E-state index in [1.807, 2.05) is 0 Å². The summed E-state index contributed by atoms with van der Waals surface area (Å²) in [6.45, 7) is 11.5. The van der Waals surface area contributed by atoms with Crippen LogP contribution < -0.4 is 10.1 Å². The van der Waals surface area contributed by atoms with Crippen LogP contribution in [0.25, 0.3) is 0 Å². The average Bonchev–Trinajstić information content (AvgIpc) is 2.35. The molecule has 1 N–H and O–H groups in total. The van der Waals surface area contributed by atoms with Gasteiger partial charge in [0.1, 0.15) is 18.2 Å². The van der Waals surface area contributed by atoms with Crippen LogP contribution in [0.15, 0.2) is 18.7 Å². The molecule has 0 fully saturated rings. The molecule has 19 heavy (non-hydrogen) atoms. The number of aromatic nitrogens is 2. The van der Waals surface area contributed by atoms with E-state index >= 15 is 0 Å². The number of hydrogen-bond acceptors (Lipinski definition) is 5. The van der Waals surface area contributed by atoms with Crippen molar-refractivity contribution < 1.29 is 9.47 Å². The molecule has 0 saturated carbocycles. The number of nitrogens with zero attached hydrogens (tertiary/aromatic N) is 2. The summed E-state index contributed by atoms with van der Waals surface area (Å²) in [6, 6.07) is 1.79. The highest BCUT2D eigenvalue weighted by molar-refractivity contribution is 5.39. The second kappa shape index (κ2) is 7.09. The highest BCUT2D eigenvalue weighted by Crippen LogP contribution is 2.23. The summed E-state index contributed by atoms with van der Waals surface area (Å²) in [5.41, 5.74) is -0.134. The monoisotopic (exact) mass is 265 g/mol. The molecule has 0 spiro atoms. The van der Waals surface area contributed by atoms with E-state index in [4.69, 9.17) is 9.47 Å². The van der Waals surface area contributed by atoms with E-state index in [0.717, 1.165) is 11.6 Å². The first-order valence-electron chi connectivity index (χ1n) is 6.33. The van der Waals surface area contributed by atoms with E-state index in [1.165, 1.54) is 0 Å². The third kappa shape index (κ3) is 5.26. The van der Waals surface area contributed by atoms with Crippen LogP contribution in [-0.2, 0) is 10.2 Å². The van der Waals surface area contributed by atoms with Gasteiger partial charge in [0.05, 0.1) is 6.61 Å². The first-order valence-corrected chi connectivity index (χ1v) is 6.33. The van der Waals surface area contributed by atoms with Crippen molar-refractivity contribution in [2.45, 2.75) is 26.2 Å². The lowest BCUT2D eigenvalue weighted by Gasteiger charge is -2.18. The molecular formula is C14H23N3O2. The zero-order valence-corrected chi connectivity index (χ0v) is 12.2. The molecule has 0 bridgehead atoms. The molecule has 0 aromatic carbocycles. The lowest BCUT2D eigenvalue weighted by atomic mass is 9.96. The van der Waals surface area contributed by atoms with Crippen LogP contribution in [-0.4, -0.2) is 36.8 Å². The maximum atomic E-state index is 5.56. The molecule has 0 saturated heterocycles. The van der Waals surface area contributed by atoms with Crippen molar-refractivity contribution in [3.8, 4) is 5.88 Å². The highest BCUT2D eigenvalue weighted by Gasteiger charge is 2.19. The van der Waals surface area contributed by atoms with Gasteiger partial charge in [0.2, 0.25) is 5.88 Å². The molecule has 106 valence electrons. The number of nitrogens with one attached hydrogen (secondary N) is 1. The molecule has 0 aliphatic rings. The minimum absolute atomic E-state index is 0.134. The third-order valence-corrected chi connectivity index (χ3v) is 2.34. The van der Waals surface area contributed by atoms with Gasteiger partial charge in [0.15, 0.2) is 0 Å². The van der Waals surface area contributed by atoms with Crippen molar-refractivity contribution in [1.82, 2.24) is 9.97 Å². The maximum absolute atomic E-state index is 5.56. The van der Waals surface area contributed by atoms with Gasteiger partial charge in [0, 0.05) is 25.1 Å². The number of anilines is 1. The SMILES string of the molecule is C=CCNc1cc(OCCOC)nc(C(C)(C)C)n1. The second-order valence-electron chi connectivity index (χ2n) is 5.18. The minimum Gasteiger partial charge on any atom is -0.475 e. The molecule has 0 unspecified atom stereocenters. The molecule has 1 aromatic rings. The fourth-order valence-corrected chi connectivity index (χ4v) is 1.33. The predicted octanol–water partition coefficient (Wildman–Crippen LogP) is 2.40. The summed E-state index contributed by atoms with van der Waals surface area (Å²) in [5, 5.41) is 3.16. The van der Waals surface area contributed by atoms with Crippen LogP contribution in [0.1, 0.15) is 26.6 Å². The molecule has 0 aliphatic carbocycles. The van der Waals surface area contributed by atoms with Gasteiger partial charge in [-0.15, -0.1) is 6.58 Å². The predicted molar refractivity (Wildman–Crippen MR) is 76.8 cm³/mol. The zero-order valence-electron chi connectivity index (χ0n) is 12.2. The Balaban J connectivity index is 2.92. The minimum atomic E-state index is -0.134. The van der Waals surface area contributed by atoms with Crippen molar-refractivity contribution in [1.29, 1.82) is 0 Å². The van der Waals surface area contributed by atoms with Gasteiger partial charge in [-0.05, 0) is 0 Å². The summed E-state index contributed by atoms with van der Waals surface area (Å²) in [4.78, 5) is 8.92. The number of ether oxygens (including phenoxy) is 2. The van der Waals surface area contributed by atoms with Gasteiger partial charge in [-0.3, -0.25) is 0 Å². The van der Waals surface area contributed by atoms with E-state index in [0.29, 0.717) is 25.6 Å². The fourth-order valence-electron chi connectivity index (χ4n) is 1.33. The third-order valence-electron chi connectivity index (χ3n) is 2.34. The Morgan fingerprint density at radius 3 is 2.63 bits per heavy atom. The van der Waals surface area contributed by atoms with Gasteiger partial charge in [-0.2, -0.15) is 4.98 Å². The molecular weight excluding hydrogens is 242 g/mol. The standard InChI is InChI=1S/C14H23N3O2/c1-6-7-15-11-10-12(19-9-8-18-5)17-13(16-11)14(2,3)4/h6,10H,1,7-9H2,2-5H3,(H,15,16,17). The lowest BCUT2D eigenvalue weighted by Crippen LogP contribution is -2.18. The van der Waals surface area contributed by atoms with Crippen molar-refractivity contribution in [3.05, 3.63) is 24.5 Å². The Hall–Kier alpha value is -1.62. The van der Waals surface area contributed by atoms with Crippen molar-refractivity contribution in [3.63, 3.8) is 0 Å². The summed E-state index contributed by atoms with van der Waals surface area (Å²) < 4.78 is 10.5. The molecule has 1 aromatic heterocycles. The van der Waals surface area contributed by atoms with E-state index in [-0.39, 0.29) is 5.41 Å². The van der Waals surface area contributed by atoms with Crippen LogP contribution in [0.5, 0.6) is 5.88 Å². The van der Waals surface area contributed by atoms with Crippen molar-refractivity contribution in [2.24, 2.45) is 0 Å². The van der Waals surface area contributed by atoms with Gasteiger partial charge >= 0.3 is 0 Å². The van der Waals surface area contributed by atoms with E-state index in [2.05, 4.69) is 42.6 Å². The largest absolute Gasteiger partial charge is 0.475 e. The van der Waals surface area contributed by atoms with Gasteiger partial charge < -0.3 is 14.8 Å². The van der Waals surface area contributed by atoms with Crippen LogP contribution in [0, 0.1) is 0 Å². The number of hydrogen-bond donors (Lipinski definition) is 1. The molecule has 5 heteroatoms. The topological polar surface area (TPSA) is 56.3 Å². The number of methoxy groups -OCH3 is 1. The summed E-state index contributed by atoms with van der Waals surface area (Å²) in [5.74, 6) is 2.05. The first kappa shape index (κ1) is 15.4. The lowest BCUT2D eigenvalue weighted by molar-refractivity contribution is 0.143. The second-order valence-corrected chi connectivity index (χ2v) is 5.18. The van der Waals surface area contributed by atoms with E-state index < -0.39 is 0 Å².